The molecule has 0 aliphatic carbocycles. The Morgan fingerprint density at radius 1 is 0.821 bits per heavy atom. The predicted molar refractivity (Wildman–Crippen MR) is 150 cm³/mol. The number of pyridine rings is 1. The quantitative estimate of drug-likeness (QED) is 0.314. The van der Waals surface area contributed by atoms with Crippen LogP contribution in [0.1, 0.15) is 44.2 Å². The molecule has 200 valence electrons. The highest BCUT2D eigenvalue weighted by Gasteiger charge is 2.20. The number of anilines is 2. The van der Waals surface area contributed by atoms with Crippen molar-refractivity contribution in [3.8, 4) is 0 Å². The van der Waals surface area contributed by atoms with Crippen molar-refractivity contribution >= 4 is 45.1 Å². The summed E-state index contributed by atoms with van der Waals surface area (Å²) in [6.45, 7) is 8.81. The molecule has 0 amide bonds. The summed E-state index contributed by atoms with van der Waals surface area (Å²) in [5, 5.41) is 3.47. The van der Waals surface area contributed by atoms with Crippen molar-refractivity contribution in [2.75, 3.05) is 24.3 Å². The highest BCUT2D eigenvalue weighted by molar-refractivity contribution is 5.85. The van der Waals surface area contributed by atoms with Crippen molar-refractivity contribution in [3.63, 3.8) is 0 Å². The van der Waals surface area contributed by atoms with Gasteiger partial charge in [-0.2, -0.15) is 4.98 Å². The number of rotatable bonds is 8. The summed E-state index contributed by atoms with van der Waals surface area (Å²) in [5.74, 6) is 0.666. The molecule has 1 unspecified atom stereocenters. The molecule has 39 heavy (non-hydrogen) atoms. The van der Waals surface area contributed by atoms with Crippen LogP contribution in [0.25, 0.3) is 33.5 Å². The van der Waals surface area contributed by atoms with Gasteiger partial charge in [0, 0.05) is 38.8 Å². The minimum atomic E-state index is 0.0346. The Hall–Kier alpha value is -4.68. The second-order valence-electron chi connectivity index (χ2n) is 10.2. The fourth-order valence-electron chi connectivity index (χ4n) is 4.74. The molecule has 0 bridgehead atoms. The highest BCUT2D eigenvalue weighted by atomic mass is 15.3. The smallest absolute Gasteiger partial charge is 0.227 e. The Bertz CT molecular complexity index is 1790. The lowest BCUT2D eigenvalue weighted by molar-refractivity contribution is 0.550. The first-order valence-electron chi connectivity index (χ1n) is 12.9. The molecule has 6 aromatic rings. The normalized spacial score (nSPS) is 12.7. The van der Waals surface area contributed by atoms with E-state index in [0.717, 1.165) is 50.6 Å². The van der Waals surface area contributed by atoms with Crippen LogP contribution in [-0.4, -0.2) is 67.7 Å². The first kappa shape index (κ1) is 24.6. The Morgan fingerprint density at radius 3 is 2.38 bits per heavy atom. The van der Waals surface area contributed by atoms with Crippen LogP contribution in [0.15, 0.2) is 37.6 Å². The Labute approximate surface area is 225 Å². The van der Waals surface area contributed by atoms with Gasteiger partial charge in [-0.25, -0.2) is 34.9 Å². The van der Waals surface area contributed by atoms with E-state index in [1.54, 1.807) is 18.9 Å². The van der Waals surface area contributed by atoms with E-state index in [4.69, 9.17) is 15.0 Å². The number of imidazole rings is 3. The van der Waals surface area contributed by atoms with E-state index in [9.17, 15) is 0 Å². The van der Waals surface area contributed by atoms with Gasteiger partial charge in [-0.15, -0.1) is 0 Å². The van der Waals surface area contributed by atoms with Gasteiger partial charge in [0.15, 0.2) is 16.9 Å². The molecule has 0 radical (unpaired) electrons. The summed E-state index contributed by atoms with van der Waals surface area (Å²) in [7, 11) is 3.90. The number of fused-ring (bicyclic) bond motifs is 3. The second-order valence-corrected chi connectivity index (χ2v) is 10.2. The van der Waals surface area contributed by atoms with Gasteiger partial charge in [0.1, 0.15) is 22.9 Å². The zero-order valence-corrected chi connectivity index (χ0v) is 22.9. The lowest BCUT2D eigenvalue weighted by Gasteiger charge is -2.17. The minimum absolute atomic E-state index is 0.0346. The molecule has 0 aliphatic rings. The summed E-state index contributed by atoms with van der Waals surface area (Å²) < 4.78 is 6.13. The third kappa shape index (κ3) is 4.29. The molecule has 1 atom stereocenters. The molecule has 6 aromatic heterocycles. The first-order valence-corrected chi connectivity index (χ1v) is 12.9. The second kappa shape index (κ2) is 9.57. The number of hydrogen-bond donors (Lipinski definition) is 1. The SMILES string of the molecule is Cc1ncnc2c1ncn2CNc1ccnc2c1ncn2C(C)Cc1nc(N(C)C)nc2c1ncn2C(C)C. The standard InChI is InChI=1S/C26H31N13/c1-15(2)38-13-32-22-19(34-26(36(5)6)35-25(22)38)9-16(3)39-14-33-21-18(7-8-27-24(21)39)30-11-37-12-31-20-17(4)28-10-29-23(20)37/h7-8,10,12-16H,9,11H2,1-6H3,(H,27,30). The topological polar surface area (TPSA) is 133 Å². The van der Waals surface area contributed by atoms with Gasteiger partial charge in [-0.1, -0.05) is 0 Å². The molecule has 6 heterocycles. The van der Waals surface area contributed by atoms with Gasteiger partial charge >= 0.3 is 0 Å². The summed E-state index contributed by atoms with van der Waals surface area (Å²) >= 11 is 0. The maximum absolute atomic E-state index is 4.86. The number of aromatic nitrogens is 11. The van der Waals surface area contributed by atoms with Crippen molar-refractivity contribution in [2.24, 2.45) is 0 Å². The third-order valence-electron chi connectivity index (χ3n) is 6.89. The van der Waals surface area contributed by atoms with Crippen LogP contribution in [0.4, 0.5) is 11.6 Å². The van der Waals surface area contributed by atoms with Gasteiger partial charge in [0.2, 0.25) is 5.95 Å². The van der Waals surface area contributed by atoms with Crippen LogP contribution in [-0.2, 0) is 13.1 Å². The molecular weight excluding hydrogens is 494 g/mol. The average molecular weight is 526 g/mol. The molecule has 13 heteroatoms. The Balaban J connectivity index is 1.29. The van der Waals surface area contributed by atoms with E-state index in [1.165, 1.54) is 0 Å². The third-order valence-corrected chi connectivity index (χ3v) is 6.89. The van der Waals surface area contributed by atoms with Gasteiger partial charge in [0.05, 0.1) is 42.7 Å². The predicted octanol–water partition coefficient (Wildman–Crippen LogP) is 3.54. The maximum Gasteiger partial charge on any atom is 0.227 e. The summed E-state index contributed by atoms with van der Waals surface area (Å²) in [6, 6.07) is 2.21. The molecule has 6 rings (SSSR count). The van der Waals surface area contributed by atoms with Crippen molar-refractivity contribution < 1.29 is 0 Å². The number of hydrogen-bond acceptors (Lipinski definition) is 10. The molecular formula is C26H31N13. The molecule has 0 saturated carbocycles. The lowest BCUT2D eigenvalue weighted by Crippen LogP contribution is -2.16. The van der Waals surface area contributed by atoms with E-state index in [1.807, 2.05) is 49.2 Å². The van der Waals surface area contributed by atoms with Gasteiger partial charge in [0.25, 0.3) is 0 Å². The summed E-state index contributed by atoms with van der Waals surface area (Å²) in [4.78, 5) is 38.7. The van der Waals surface area contributed by atoms with Gasteiger partial charge < -0.3 is 19.4 Å². The van der Waals surface area contributed by atoms with Crippen molar-refractivity contribution in [1.82, 2.24) is 53.6 Å². The number of aryl methyl sites for hydroxylation is 1. The van der Waals surface area contributed by atoms with E-state index in [0.29, 0.717) is 19.0 Å². The fraction of sp³-hybridized carbons (Fsp3) is 0.385. The average Bonchev–Trinajstić information content (AvgIpc) is 3.64. The van der Waals surface area contributed by atoms with Crippen LogP contribution in [0, 0.1) is 6.92 Å². The van der Waals surface area contributed by atoms with Gasteiger partial charge in [-0.3, -0.25) is 4.57 Å². The van der Waals surface area contributed by atoms with Gasteiger partial charge in [-0.05, 0) is 33.8 Å². The van der Waals surface area contributed by atoms with E-state index in [-0.39, 0.29) is 12.1 Å². The largest absolute Gasteiger partial charge is 0.365 e. The van der Waals surface area contributed by atoms with Crippen LogP contribution >= 0.6 is 0 Å². The van der Waals surface area contributed by atoms with Crippen LogP contribution < -0.4 is 10.2 Å². The van der Waals surface area contributed by atoms with E-state index in [2.05, 4.69) is 60.1 Å². The molecule has 13 nitrogen and oxygen atoms in total. The van der Waals surface area contributed by atoms with Crippen molar-refractivity contribution in [1.29, 1.82) is 0 Å². The first-order chi connectivity index (χ1) is 18.8. The Kier molecular flexibility index (Phi) is 6.04. The molecule has 0 aliphatic heterocycles. The van der Waals surface area contributed by atoms with Crippen molar-refractivity contribution in [2.45, 2.75) is 52.9 Å². The maximum atomic E-state index is 4.86. The van der Waals surface area contributed by atoms with E-state index < -0.39 is 0 Å². The summed E-state index contributed by atoms with van der Waals surface area (Å²) in [6.07, 6.45) is 9.47. The molecule has 0 saturated heterocycles. The van der Waals surface area contributed by atoms with Crippen LogP contribution in [0.3, 0.4) is 0 Å². The molecule has 0 spiro atoms. The minimum Gasteiger partial charge on any atom is -0.365 e. The monoisotopic (exact) mass is 525 g/mol. The zero-order chi connectivity index (χ0) is 27.3. The van der Waals surface area contributed by atoms with Crippen LogP contribution in [0.5, 0.6) is 0 Å². The molecule has 0 aromatic carbocycles. The lowest BCUT2D eigenvalue weighted by atomic mass is 10.1. The van der Waals surface area contributed by atoms with Crippen LogP contribution in [0.2, 0.25) is 0 Å². The van der Waals surface area contributed by atoms with Crippen molar-refractivity contribution in [3.05, 3.63) is 49.0 Å². The molecule has 0 fully saturated rings. The molecule has 1 N–H and O–H groups in total. The fourth-order valence-corrected chi connectivity index (χ4v) is 4.74. The Morgan fingerprint density at radius 2 is 1.59 bits per heavy atom. The number of nitrogens with one attached hydrogen (secondary N) is 1. The van der Waals surface area contributed by atoms with E-state index >= 15 is 0 Å². The zero-order valence-electron chi connectivity index (χ0n) is 22.9. The summed E-state index contributed by atoms with van der Waals surface area (Å²) in [5.41, 5.74) is 7.49. The highest BCUT2D eigenvalue weighted by Crippen LogP contribution is 2.27. The number of nitrogens with zero attached hydrogens (tertiary/aromatic N) is 12.